The van der Waals surface area contributed by atoms with E-state index in [1.165, 1.54) is 4.90 Å². The number of benzene rings is 2. The summed E-state index contributed by atoms with van der Waals surface area (Å²) in [4.78, 5) is 48.5. The number of likely N-dealkylation sites (tertiary alicyclic amines) is 1. The van der Waals surface area contributed by atoms with Gasteiger partial charge in [0.1, 0.15) is 6.61 Å². The molecule has 0 radical (unpaired) electrons. The molecular formula is C32H32N4O5. The van der Waals surface area contributed by atoms with Crippen molar-refractivity contribution in [2.75, 3.05) is 32.1 Å². The molecule has 4 aliphatic heterocycles. The van der Waals surface area contributed by atoms with Crippen LogP contribution < -0.4 is 14.8 Å². The molecule has 2 aromatic carbocycles. The number of carbonyl (C=O) groups excluding carboxylic acids is 3. The number of aliphatic imine (C=N–C) groups is 1. The highest BCUT2D eigenvalue weighted by Gasteiger charge is 2.42. The molecule has 2 atom stereocenters. The van der Waals surface area contributed by atoms with Gasteiger partial charge >= 0.3 is 0 Å². The summed E-state index contributed by atoms with van der Waals surface area (Å²) in [6.45, 7) is 4.06. The van der Waals surface area contributed by atoms with Gasteiger partial charge in [0.25, 0.3) is 11.8 Å². The fraction of sp³-hybridized carbons (Fsp3) is 0.375. The minimum absolute atomic E-state index is 0.0203. The number of anilines is 1. The minimum atomic E-state index is -0.296. The third-order valence-electron chi connectivity index (χ3n) is 8.67. The Labute approximate surface area is 238 Å². The van der Waals surface area contributed by atoms with Crippen molar-refractivity contribution in [3.63, 3.8) is 0 Å². The topological polar surface area (TPSA) is 101 Å². The van der Waals surface area contributed by atoms with E-state index in [2.05, 4.69) is 17.3 Å². The fourth-order valence-corrected chi connectivity index (χ4v) is 6.36. The first kappa shape index (κ1) is 25.7. The first-order valence-corrected chi connectivity index (χ1v) is 14.3. The average molecular weight is 553 g/mol. The zero-order valence-electron chi connectivity index (χ0n) is 23.2. The highest BCUT2D eigenvalue weighted by atomic mass is 16.6. The van der Waals surface area contributed by atoms with Gasteiger partial charge in [-0.05, 0) is 75.8 Å². The number of ketones is 1. The summed E-state index contributed by atoms with van der Waals surface area (Å²) in [6.07, 6.45) is 5.74. The van der Waals surface area contributed by atoms with Crippen LogP contribution >= 0.6 is 0 Å². The minimum Gasteiger partial charge on any atom is -0.486 e. The number of imide groups is 1. The van der Waals surface area contributed by atoms with Crippen LogP contribution in [0.15, 0.2) is 64.8 Å². The van der Waals surface area contributed by atoms with Gasteiger partial charge in [-0.15, -0.1) is 0 Å². The van der Waals surface area contributed by atoms with E-state index in [1.807, 2.05) is 49.4 Å². The quantitative estimate of drug-likeness (QED) is 0.457. The molecule has 2 aromatic rings. The second kappa shape index (κ2) is 9.99. The molecular weight excluding hydrogens is 520 g/mol. The van der Waals surface area contributed by atoms with Crippen molar-refractivity contribution >= 4 is 29.0 Å². The van der Waals surface area contributed by atoms with Gasteiger partial charge < -0.3 is 19.7 Å². The van der Waals surface area contributed by atoms with Gasteiger partial charge in [0.15, 0.2) is 23.4 Å². The summed E-state index contributed by atoms with van der Waals surface area (Å²) in [7, 11) is 2.06. The number of Topliss-reactive ketones (excluding diaryl/α,β-unsaturated/α-hetero) is 1. The summed E-state index contributed by atoms with van der Waals surface area (Å²) in [5, 5.41) is 3.40. The Morgan fingerprint density at radius 2 is 1.76 bits per heavy atom. The lowest BCUT2D eigenvalue weighted by atomic mass is 9.93. The molecule has 210 valence electrons. The fourth-order valence-electron chi connectivity index (χ4n) is 6.36. The number of fused-ring (bicyclic) bond motifs is 3. The van der Waals surface area contributed by atoms with E-state index < -0.39 is 0 Å². The van der Waals surface area contributed by atoms with Crippen LogP contribution in [0.25, 0.3) is 0 Å². The zero-order chi connectivity index (χ0) is 28.2. The normalized spacial score (nSPS) is 25.9. The average Bonchev–Trinajstić information content (AvgIpc) is 3.49. The number of hydrogen-bond donors (Lipinski definition) is 1. The monoisotopic (exact) mass is 552 g/mol. The molecule has 1 aliphatic carbocycles. The highest BCUT2D eigenvalue weighted by molar-refractivity contribution is 6.29. The molecule has 1 N–H and O–H groups in total. The molecule has 7 rings (SSSR count). The van der Waals surface area contributed by atoms with E-state index in [1.54, 1.807) is 6.07 Å². The van der Waals surface area contributed by atoms with Gasteiger partial charge in [0.05, 0.1) is 28.5 Å². The summed E-state index contributed by atoms with van der Waals surface area (Å²) in [5.74, 6) is 0.935. The van der Waals surface area contributed by atoms with Crippen molar-refractivity contribution < 1.29 is 23.9 Å². The Morgan fingerprint density at radius 3 is 2.54 bits per heavy atom. The van der Waals surface area contributed by atoms with Crippen LogP contribution in [0.2, 0.25) is 0 Å². The second-order valence-electron chi connectivity index (χ2n) is 11.4. The molecule has 5 aliphatic rings. The van der Waals surface area contributed by atoms with E-state index in [0.717, 1.165) is 42.9 Å². The molecule has 41 heavy (non-hydrogen) atoms. The highest BCUT2D eigenvalue weighted by Crippen LogP contribution is 2.38. The molecule has 9 heteroatoms. The Kier molecular flexibility index (Phi) is 6.27. The first-order valence-electron chi connectivity index (χ1n) is 14.3. The lowest BCUT2D eigenvalue weighted by Gasteiger charge is -2.33. The van der Waals surface area contributed by atoms with Crippen LogP contribution in [0, 0.1) is 0 Å². The number of ether oxygens (including phenoxy) is 2. The molecule has 4 heterocycles. The summed E-state index contributed by atoms with van der Waals surface area (Å²) < 4.78 is 12.0. The maximum Gasteiger partial charge on any atom is 0.261 e. The van der Waals surface area contributed by atoms with Crippen molar-refractivity contribution in [3.8, 4) is 11.5 Å². The van der Waals surface area contributed by atoms with Crippen LogP contribution in [0.4, 0.5) is 5.69 Å². The van der Waals surface area contributed by atoms with E-state index in [0.29, 0.717) is 53.4 Å². The standard InChI is InChI=1S/C32H32N4O5/c1-18(29-17-40-27-8-3-4-9-28(27)41-29)33-23-6-5-7-26(37)30(23)25-15-19-14-21-22(16-24(19)34-25)32(39)36(31(21)38)20-10-12-35(2)13-11-20/h3-6,8-9,14,16,18,20,29,34H,7,10-13,15,17H2,1-2H3. The van der Waals surface area contributed by atoms with Gasteiger partial charge in [0, 0.05) is 30.3 Å². The van der Waals surface area contributed by atoms with Crippen LogP contribution in [-0.2, 0) is 11.2 Å². The van der Waals surface area contributed by atoms with E-state index in [4.69, 9.17) is 14.5 Å². The lowest BCUT2D eigenvalue weighted by molar-refractivity contribution is -0.114. The molecule has 1 saturated heterocycles. The maximum absolute atomic E-state index is 13.4. The molecule has 1 fully saturated rings. The van der Waals surface area contributed by atoms with Gasteiger partial charge in [-0.3, -0.25) is 24.3 Å². The Morgan fingerprint density at radius 1 is 1.02 bits per heavy atom. The van der Waals surface area contributed by atoms with Crippen molar-refractivity contribution in [2.24, 2.45) is 4.99 Å². The summed E-state index contributed by atoms with van der Waals surface area (Å²) in [5.41, 5.74) is 4.41. The Bertz CT molecular complexity index is 1520. The molecule has 9 nitrogen and oxygen atoms in total. The number of allylic oxidation sites excluding steroid dienone is 4. The summed E-state index contributed by atoms with van der Waals surface area (Å²) in [6, 6.07) is 10.8. The lowest BCUT2D eigenvalue weighted by Crippen LogP contribution is -2.46. The number of nitrogens with one attached hydrogen (secondary N) is 1. The number of carbonyl (C=O) groups is 3. The van der Waals surface area contributed by atoms with Crippen LogP contribution in [-0.4, -0.2) is 78.0 Å². The summed E-state index contributed by atoms with van der Waals surface area (Å²) >= 11 is 0. The molecule has 0 bridgehead atoms. The van der Waals surface area contributed by atoms with Crippen molar-refractivity contribution in [1.82, 2.24) is 9.80 Å². The number of nitrogens with zero attached hydrogens (tertiary/aromatic N) is 3. The largest absolute Gasteiger partial charge is 0.486 e. The van der Waals surface area contributed by atoms with Gasteiger partial charge in [-0.1, -0.05) is 18.2 Å². The third-order valence-corrected chi connectivity index (χ3v) is 8.67. The number of piperidine rings is 1. The second-order valence-corrected chi connectivity index (χ2v) is 11.4. The smallest absolute Gasteiger partial charge is 0.261 e. The molecule has 0 aromatic heterocycles. The zero-order valence-corrected chi connectivity index (χ0v) is 23.2. The van der Waals surface area contributed by atoms with Crippen LogP contribution in [0.3, 0.4) is 0 Å². The molecule has 0 saturated carbocycles. The van der Waals surface area contributed by atoms with E-state index >= 15 is 0 Å². The number of rotatable bonds is 3. The van der Waals surface area contributed by atoms with Crippen molar-refractivity contribution in [2.45, 2.75) is 50.8 Å². The SMILES string of the molecule is CC(N=C1C=CCC(=O)C1=C1Cc2cc3c(cc2N1)C(=O)N(C1CCN(C)CC1)C3=O)C1COc2ccccc2O1. The van der Waals surface area contributed by atoms with Gasteiger partial charge in [0.2, 0.25) is 0 Å². The number of para-hydroxylation sites is 2. The van der Waals surface area contributed by atoms with E-state index in [-0.39, 0.29) is 35.8 Å². The van der Waals surface area contributed by atoms with Gasteiger partial charge in [-0.2, -0.15) is 0 Å². The molecule has 0 spiro atoms. The number of amides is 2. The third kappa shape index (κ3) is 4.44. The Balaban J connectivity index is 1.15. The van der Waals surface area contributed by atoms with Crippen molar-refractivity contribution in [1.29, 1.82) is 0 Å². The van der Waals surface area contributed by atoms with Crippen molar-refractivity contribution in [3.05, 3.63) is 76.5 Å². The Hall–Kier alpha value is -4.24. The van der Waals surface area contributed by atoms with E-state index in [9.17, 15) is 14.4 Å². The molecule has 2 unspecified atom stereocenters. The molecule has 2 amide bonds. The first-order chi connectivity index (χ1) is 19.9. The number of hydrogen-bond acceptors (Lipinski definition) is 8. The van der Waals surface area contributed by atoms with Crippen LogP contribution in [0.5, 0.6) is 11.5 Å². The van der Waals surface area contributed by atoms with Gasteiger partial charge in [-0.25, -0.2) is 0 Å². The maximum atomic E-state index is 13.4. The predicted molar refractivity (Wildman–Crippen MR) is 154 cm³/mol. The van der Waals surface area contributed by atoms with Crippen LogP contribution in [0.1, 0.15) is 52.5 Å². The predicted octanol–water partition coefficient (Wildman–Crippen LogP) is 3.80.